The lowest BCUT2D eigenvalue weighted by molar-refractivity contribution is -0.153. The summed E-state index contributed by atoms with van der Waals surface area (Å²) in [6, 6.07) is 1.86. The Balaban J connectivity index is 1.58. The summed E-state index contributed by atoms with van der Waals surface area (Å²) in [6.45, 7) is 0.0803. The Kier molecular flexibility index (Phi) is 7.10. The molecule has 1 amide bonds. The second-order valence-electron chi connectivity index (χ2n) is 11.6. The number of benzene rings is 1. The lowest BCUT2D eigenvalue weighted by Gasteiger charge is -2.50. The number of phenolic OH excluding ortho intramolecular Hbond substituents is 1. The van der Waals surface area contributed by atoms with E-state index in [0.717, 1.165) is 25.7 Å². The molecular formula is C29H35N3O8. The third-order valence-corrected chi connectivity index (χ3v) is 9.06. The van der Waals surface area contributed by atoms with E-state index in [1.807, 2.05) is 0 Å². The minimum absolute atomic E-state index is 0.0324. The maximum Gasteiger partial charge on any atom is 0.255 e. The van der Waals surface area contributed by atoms with Gasteiger partial charge in [-0.2, -0.15) is 0 Å². The highest BCUT2D eigenvalue weighted by molar-refractivity contribution is 6.24. The highest BCUT2D eigenvalue weighted by atomic mass is 16.3. The number of phenols is 1. The van der Waals surface area contributed by atoms with Crippen molar-refractivity contribution in [1.82, 2.24) is 10.2 Å². The van der Waals surface area contributed by atoms with Gasteiger partial charge in [0.05, 0.1) is 18.2 Å². The first-order valence-electron chi connectivity index (χ1n) is 13.7. The maximum absolute atomic E-state index is 13.9. The number of amides is 1. The first kappa shape index (κ1) is 28.0. The van der Waals surface area contributed by atoms with Gasteiger partial charge in [-0.25, -0.2) is 0 Å². The van der Waals surface area contributed by atoms with Crippen molar-refractivity contribution < 1.29 is 39.6 Å². The topological polar surface area (TPSA) is 190 Å². The summed E-state index contributed by atoms with van der Waals surface area (Å²) >= 11 is 0. The number of primary amides is 1. The van der Waals surface area contributed by atoms with Gasteiger partial charge in [-0.1, -0.05) is 19.3 Å². The average Bonchev–Trinajstić information content (AvgIpc) is 2.89. The highest BCUT2D eigenvalue weighted by Gasteiger charge is 2.64. The van der Waals surface area contributed by atoms with Gasteiger partial charge in [0.2, 0.25) is 5.78 Å². The number of hydrogen-bond donors (Lipinski definition) is 6. The summed E-state index contributed by atoms with van der Waals surface area (Å²) < 4.78 is 0. The number of ketones is 3. The fourth-order valence-electron chi connectivity index (χ4n) is 7.14. The normalized spacial score (nSPS) is 28.9. The van der Waals surface area contributed by atoms with Crippen molar-refractivity contribution in [2.45, 2.75) is 62.6 Å². The lowest BCUT2D eigenvalue weighted by atomic mass is 9.57. The quantitative estimate of drug-likeness (QED) is 0.219. The predicted octanol–water partition coefficient (Wildman–Crippen LogP) is 1.07. The fraction of sp³-hybridized carbons (Fsp3) is 0.517. The van der Waals surface area contributed by atoms with E-state index in [0.29, 0.717) is 11.1 Å². The van der Waals surface area contributed by atoms with Crippen LogP contribution in [0.4, 0.5) is 0 Å². The molecule has 0 heterocycles. The van der Waals surface area contributed by atoms with Crippen molar-refractivity contribution in [3.63, 3.8) is 0 Å². The maximum atomic E-state index is 13.9. The predicted molar refractivity (Wildman–Crippen MR) is 143 cm³/mol. The number of nitrogens with two attached hydrogens (primary N) is 1. The number of nitrogens with zero attached hydrogens (tertiary/aromatic N) is 1. The van der Waals surface area contributed by atoms with Gasteiger partial charge in [0.15, 0.2) is 17.2 Å². The molecule has 214 valence electrons. The number of aliphatic hydroxyl groups excluding tert-OH is 2. The van der Waals surface area contributed by atoms with E-state index in [1.165, 1.54) is 23.5 Å². The number of carbonyl (C=O) groups is 4. The van der Waals surface area contributed by atoms with Crippen molar-refractivity contribution in [1.29, 1.82) is 0 Å². The summed E-state index contributed by atoms with van der Waals surface area (Å²) in [6.07, 6.45) is 5.42. The van der Waals surface area contributed by atoms with Gasteiger partial charge < -0.3 is 31.5 Å². The van der Waals surface area contributed by atoms with Gasteiger partial charge in [0, 0.05) is 23.1 Å². The van der Waals surface area contributed by atoms with Crippen molar-refractivity contribution in [2.75, 3.05) is 20.6 Å². The van der Waals surface area contributed by atoms with Gasteiger partial charge in [0.25, 0.3) is 5.91 Å². The Morgan fingerprint density at radius 3 is 2.40 bits per heavy atom. The molecule has 1 aromatic rings. The van der Waals surface area contributed by atoms with Crippen LogP contribution < -0.4 is 11.1 Å². The molecule has 1 aromatic carbocycles. The summed E-state index contributed by atoms with van der Waals surface area (Å²) in [7, 11) is 3.09. The lowest BCUT2D eigenvalue weighted by Crippen LogP contribution is -2.65. The second kappa shape index (κ2) is 10.1. The van der Waals surface area contributed by atoms with E-state index in [1.54, 1.807) is 14.1 Å². The molecule has 5 rings (SSSR count). The molecule has 4 atom stereocenters. The number of likely N-dealkylation sites (N-methyl/N-ethyl adjacent to an activating group) is 1. The molecule has 0 aliphatic heterocycles. The largest absolute Gasteiger partial charge is 0.508 e. The zero-order valence-corrected chi connectivity index (χ0v) is 22.6. The molecule has 4 aliphatic carbocycles. The SMILES string of the molecule is CN(C)[C@H]1C(=O)C(C(N)=O)=C(O)[C@@]2(O)C(=O)C3=C(O)c4c(O)ccc(C(=O)CNC5CCCCC5)c4C[C@H]3C[C@@H]12. The Bertz CT molecular complexity index is 1370. The van der Waals surface area contributed by atoms with Crippen molar-refractivity contribution in [3.8, 4) is 5.75 Å². The zero-order valence-electron chi connectivity index (χ0n) is 22.6. The monoisotopic (exact) mass is 553 g/mol. The molecule has 2 fully saturated rings. The van der Waals surface area contributed by atoms with E-state index in [2.05, 4.69) is 5.32 Å². The minimum Gasteiger partial charge on any atom is -0.508 e. The molecule has 11 heteroatoms. The Hall–Kier alpha value is -3.54. The second-order valence-corrected chi connectivity index (χ2v) is 11.6. The number of rotatable bonds is 6. The summed E-state index contributed by atoms with van der Waals surface area (Å²) in [5.74, 6) is -7.39. The average molecular weight is 554 g/mol. The molecule has 4 aliphatic rings. The Labute approximate surface area is 231 Å². The minimum atomic E-state index is -2.70. The van der Waals surface area contributed by atoms with Crippen LogP contribution in [-0.2, 0) is 20.8 Å². The summed E-state index contributed by atoms with van der Waals surface area (Å²) in [5, 5.41) is 47.9. The molecule has 2 saturated carbocycles. The molecule has 40 heavy (non-hydrogen) atoms. The number of aliphatic hydroxyl groups is 3. The van der Waals surface area contributed by atoms with Crippen LogP contribution in [0.1, 0.15) is 60.0 Å². The van der Waals surface area contributed by atoms with Crippen molar-refractivity contribution >= 4 is 29.0 Å². The van der Waals surface area contributed by atoms with Crippen LogP contribution in [0.3, 0.4) is 0 Å². The zero-order chi connectivity index (χ0) is 29.1. The summed E-state index contributed by atoms with van der Waals surface area (Å²) in [5.41, 5.74) is 2.14. The molecular weight excluding hydrogens is 518 g/mol. The number of nitrogens with one attached hydrogen (secondary N) is 1. The smallest absolute Gasteiger partial charge is 0.255 e. The van der Waals surface area contributed by atoms with Crippen LogP contribution in [0.5, 0.6) is 5.75 Å². The van der Waals surface area contributed by atoms with Gasteiger partial charge in [-0.05, 0) is 63.4 Å². The van der Waals surface area contributed by atoms with Gasteiger partial charge >= 0.3 is 0 Å². The van der Waals surface area contributed by atoms with Gasteiger partial charge in [-0.15, -0.1) is 0 Å². The van der Waals surface area contributed by atoms with Crippen LogP contribution in [0, 0.1) is 11.8 Å². The molecule has 7 N–H and O–H groups in total. The molecule has 11 nitrogen and oxygen atoms in total. The van der Waals surface area contributed by atoms with E-state index >= 15 is 0 Å². The van der Waals surface area contributed by atoms with Crippen LogP contribution in [0.25, 0.3) is 5.76 Å². The molecule has 0 unspecified atom stereocenters. The highest BCUT2D eigenvalue weighted by Crippen LogP contribution is 2.53. The molecule has 0 saturated heterocycles. The standard InChI is InChI=1S/C29H35N3O8/c1-32(2)23-17-11-13-10-16-15(19(34)12-31-14-6-4-3-5-7-14)8-9-18(33)21(16)24(35)20(13)26(37)29(17,40)27(38)22(25(23)36)28(30)39/h8-9,13-14,17,23,31,33,35,38,40H,3-7,10-12H2,1-2H3,(H2,30,39)/t13-,17-,23+,29-/m0/s1. The van der Waals surface area contributed by atoms with Gasteiger partial charge in [-0.3, -0.25) is 24.1 Å². The van der Waals surface area contributed by atoms with Crippen molar-refractivity contribution in [2.24, 2.45) is 17.6 Å². The van der Waals surface area contributed by atoms with E-state index < -0.39 is 58.0 Å². The first-order chi connectivity index (χ1) is 18.9. The van der Waals surface area contributed by atoms with E-state index in [-0.39, 0.29) is 48.1 Å². The van der Waals surface area contributed by atoms with E-state index in [9.17, 15) is 39.6 Å². The molecule has 0 bridgehead atoms. The first-order valence-corrected chi connectivity index (χ1v) is 13.7. The Morgan fingerprint density at radius 2 is 1.77 bits per heavy atom. The fourth-order valence-corrected chi connectivity index (χ4v) is 7.14. The number of carbonyl (C=O) groups excluding carboxylic acids is 4. The van der Waals surface area contributed by atoms with Crippen LogP contribution in [0.2, 0.25) is 0 Å². The van der Waals surface area contributed by atoms with Crippen LogP contribution >= 0.6 is 0 Å². The molecule has 0 aromatic heterocycles. The van der Waals surface area contributed by atoms with Gasteiger partial charge in [0.1, 0.15) is 22.8 Å². The van der Waals surface area contributed by atoms with Crippen LogP contribution in [-0.4, -0.2) is 86.9 Å². The van der Waals surface area contributed by atoms with E-state index in [4.69, 9.17) is 5.73 Å². The number of fused-ring (bicyclic) bond motifs is 3. The Morgan fingerprint density at radius 1 is 1.10 bits per heavy atom. The molecule has 0 spiro atoms. The number of aromatic hydroxyl groups is 1. The molecule has 0 radical (unpaired) electrons. The van der Waals surface area contributed by atoms with Crippen LogP contribution in [0.15, 0.2) is 29.0 Å². The van der Waals surface area contributed by atoms with Crippen molar-refractivity contribution in [3.05, 3.63) is 45.7 Å². The number of hydrogen-bond acceptors (Lipinski definition) is 10. The third-order valence-electron chi connectivity index (χ3n) is 9.06. The third kappa shape index (κ3) is 4.15. The summed E-state index contributed by atoms with van der Waals surface area (Å²) in [4.78, 5) is 54.0. The number of Topliss-reactive ketones (excluding diaryl/α,β-unsaturated/α-hetero) is 3.